The highest BCUT2D eigenvalue weighted by molar-refractivity contribution is 6.50. The molecule has 3 aromatic carbocycles. The van der Waals surface area contributed by atoms with E-state index in [9.17, 15) is 44.6 Å². The van der Waals surface area contributed by atoms with Gasteiger partial charge in [-0.05, 0) is 94.2 Å². The minimum absolute atomic E-state index is 0.0398. The molecule has 3 heterocycles. The molecule has 3 fully saturated rings. The van der Waals surface area contributed by atoms with Crippen LogP contribution in [0.1, 0.15) is 57.8 Å². The Kier molecular flexibility index (Phi) is 15.9. The highest BCUT2D eigenvalue weighted by atomic mass is 19.5. The number of halogens is 8. The number of piperidine rings is 3. The van der Waals surface area contributed by atoms with Gasteiger partial charge in [-0.3, -0.25) is 15.0 Å². The topological polar surface area (TPSA) is 114 Å². The molecule has 3 saturated heterocycles. The lowest BCUT2D eigenvalue weighted by atomic mass is 10.0. The first-order valence-corrected chi connectivity index (χ1v) is 18.2. The lowest BCUT2D eigenvalue weighted by molar-refractivity contribution is -0.842. The number of azo groups is 2. The van der Waals surface area contributed by atoms with Gasteiger partial charge < -0.3 is 49.1 Å². The predicted molar refractivity (Wildman–Crippen MR) is 196 cm³/mol. The van der Waals surface area contributed by atoms with E-state index in [1.165, 1.54) is 59.7 Å². The predicted octanol–water partition coefficient (Wildman–Crippen LogP) is 9.43. The van der Waals surface area contributed by atoms with Crippen molar-refractivity contribution in [3.05, 3.63) is 64.7 Å². The first-order valence-electron chi connectivity index (χ1n) is 18.2. The van der Waals surface area contributed by atoms with Crippen LogP contribution in [0.5, 0.6) is 5.75 Å². The van der Waals surface area contributed by atoms with Gasteiger partial charge in [0.05, 0.1) is 55.3 Å². The Hall–Kier alpha value is -4.65. The molecule has 0 saturated carbocycles. The number of rotatable bonds is 9. The van der Waals surface area contributed by atoms with Gasteiger partial charge >= 0.3 is 14.5 Å². The lowest BCUT2D eigenvalue weighted by Crippen LogP contribution is -3.09. The summed E-state index contributed by atoms with van der Waals surface area (Å²) in [6.07, 6.45) is 10.7. The third kappa shape index (κ3) is 14.5. The van der Waals surface area contributed by atoms with Crippen LogP contribution in [0.3, 0.4) is 0 Å². The summed E-state index contributed by atoms with van der Waals surface area (Å²) in [5.74, 6) is 0.782. The summed E-state index contributed by atoms with van der Waals surface area (Å²) < 4.78 is 83.4. The average Bonchev–Trinajstić information content (AvgIpc) is 3.16. The van der Waals surface area contributed by atoms with Gasteiger partial charge in [0, 0.05) is 31.3 Å². The standard InChI is InChI=1S/C34H42N8O3.2BF4/c1-45-29-17-13-27(14-18-29)36-38-33-31(40-21-7-3-8-22-40)25-30(39-19-5-2-6-20-39)32(34(33)41-23-9-4-10-24-41)37-35-26-11-15-28(16-12-26)42(43)44;2*2-1(3,4)5/h11-18,25H,2-10,19-24H2,1H3;;/q;2*-1/p+2. The van der Waals surface area contributed by atoms with Crippen LogP contribution in [-0.4, -0.2) is 65.8 Å². The monoisotopic (exact) mass is 786 g/mol. The van der Waals surface area contributed by atoms with Gasteiger partial charge in [0.15, 0.2) is 17.1 Å². The maximum Gasteiger partial charge on any atom is 0.673 e. The minimum Gasteiger partial charge on any atom is -0.497 e. The molecular weight excluding hydrogens is 742 g/mol. The molecule has 0 radical (unpaired) electrons. The number of benzene rings is 3. The summed E-state index contributed by atoms with van der Waals surface area (Å²) in [4.78, 5) is 16.2. The van der Waals surface area contributed by atoms with Crippen LogP contribution < -0.4 is 19.4 Å². The molecule has 0 bridgehead atoms. The van der Waals surface area contributed by atoms with E-state index < -0.39 is 19.4 Å². The number of nitrogens with one attached hydrogen (secondary N) is 2. The molecule has 0 aromatic heterocycles. The summed E-state index contributed by atoms with van der Waals surface area (Å²) in [5.41, 5.74) is 6.53. The van der Waals surface area contributed by atoms with Crippen molar-refractivity contribution in [3.63, 3.8) is 0 Å². The van der Waals surface area contributed by atoms with Crippen LogP contribution in [0.2, 0.25) is 0 Å². The van der Waals surface area contributed by atoms with Gasteiger partial charge in [-0.25, -0.2) is 0 Å². The Bertz CT molecular complexity index is 1710. The highest BCUT2D eigenvalue weighted by Crippen LogP contribution is 2.47. The first kappa shape index (κ1) is 43.1. The molecule has 6 rings (SSSR count). The first-order chi connectivity index (χ1) is 26.1. The van der Waals surface area contributed by atoms with E-state index in [0.717, 1.165) is 99.1 Å². The van der Waals surface area contributed by atoms with Crippen molar-refractivity contribution in [2.45, 2.75) is 57.8 Å². The summed E-state index contributed by atoms with van der Waals surface area (Å²) in [5, 5.41) is 30.8. The van der Waals surface area contributed by atoms with Crippen molar-refractivity contribution < 1.29 is 54.0 Å². The van der Waals surface area contributed by atoms with Crippen molar-refractivity contribution in [3.8, 4) is 5.75 Å². The summed E-state index contributed by atoms with van der Waals surface area (Å²) in [6.45, 7) is 6.12. The van der Waals surface area contributed by atoms with Gasteiger partial charge in [0.1, 0.15) is 5.75 Å². The quantitative estimate of drug-likeness (QED) is 0.0740. The van der Waals surface area contributed by atoms with Crippen molar-refractivity contribution in [2.24, 2.45) is 20.5 Å². The fourth-order valence-electron chi connectivity index (χ4n) is 6.82. The average molecular weight is 786 g/mol. The second-order valence-corrected chi connectivity index (χ2v) is 13.3. The molecule has 300 valence electrons. The van der Waals surface area contributed by atoms with Gasteiger partial charge in [-0.15, -0.1) is 10.2 Å². The maximum atomic E-state index is 11.2. The zero-order chi connectivity index (χ0) is 40.0. The molecule has 0 atom stereocenters. The minimum atomic E-state index is -6.00. The third-order valence-corrected chi connectivity index (χ3v) is 9.26. The fraction of sp³-hybridized carbons (Fsp3) is 0.471. The molecule has 3 aliphatic heterocycles. The zero-order valence-electron chi connectivity index (χ0n) is 30.4. The lowest BCUT2D eigenvalue weighted by Gasteiger charge is -2.33. The molecule has 0 amide bonds. The van der Waals surface area contributed by atoms with E-state index >= 15 is 0 Å². The van der Waals surface area contributed by atoms with Crippen LogP contribution in [-0.2, 0) is 0 Å². The second kappa shape index (κ2) is 20.3. The smallest absolute Gasteiger partial charge is 0.497 e. The second-order valence-electron chi connectivity index (χ2n) is 13.3. The van der Waals surface area contributed by atoms with Crippen molar-refractivity contribution in [2.75, 3.05) is 51.3 Å². The number of hydrogen-bond donors (Lipinski definition) is 2. The van der Waals surface area contributed by atoms with Crippen LogP contribution in [0.4, 0.5) is 80.0 Å². The molecule has 21 heteroatoms. The van der Waals surface area contributed by atoms with Crippen LogP contribution in [0.25, 0.3) is 0 Å². The fourth-order valence-corrected chi connectivity index (χ4v) is 6.82. The normalized spacial score (nSPS) is 17.4. The Morgan fingerprint density at radius 1 is 0.636 bits per heavy atom. The van der Waals surface area contributed by atoms with Gasteiger partial charge in [-0.1, -0.05) is 0 Å². The Morgan fingerprint density at radius 3 is 1.55 bits per heavy atom. The molecule has 3 aromatic rings. The Morgan fingerprint density at radius 2 is 1.07 bits per heavy atom. The Balaban J connectivity index is 0.000000599. The number of ether oxygens (including phenoxy) is 1. The van der Waals surface area contributed by atoms with Gasteiger partial charge in [-0.2, -0.15) is 10.2 Å². The van der Waals surface area contributed by atoms with E-state index in [-0.39, 0.29) is 5.69 Å². The molecule has 2 N–H and O–H groups in total. The number of hydrogen-bond acceptors (Lipinski definition) is 8. The molecule has 55 heavy (non-hydrogen) atoms. The van der Waals surface area contributed by atoms with Gasteiger partial charge in [0.25, 0.3) is 5.69 Å². The third-order valence-electron chi connectivity index (χ3n) is 9.26. The largest absolute Gasteiger partial charge is 0.673 e. The van der Waals surface area contributed by atoms with Gasteiger partial charge in [0.2, 0.25) is 5.69 Å². The molecule has 0 unspecified atom stereocenters. The molecular formula is C34H44B2F8N8O3. The maximum absolute atomic E-state index is 11.2. The number of nitrogens with zero attached hydrogens (tertiary/aromatic N) is 6. The molecule has 3 aliphatic rings. The van der Waals surface area contributed by atoms with Crippen LogP contribution in [0.15, 0.2) is 75.1 Å². The van der Waals surface area contributed by atoms with Crippen molar-refractivity contribution in [1.29, 1.82) is 0 Å². The van der Waals surface area contributed by atoms with Crippen molar-refractivity contribution >= 4 is 60.0 Å². The van der Waals surface area contributed by atoms with E-state index in [2.05, 4.69) is 16.1 Å². The van der Waals surface area contributed by atoms with E-state index in [1.807, 2.05) is 24.3 Å². The number of quaternary nitrogens is 2. The van der Waals surface area contributed by atoms with E-state index in [1.54, 1.807) is 19.2 Å². The Labute approximate surface area is 313 Å². The SMILES string of the molecule is COc1ccc(N=Nc2c(N3CCCCC3)cc([NH+]3CCCCC3)c(N=Nc3ccc([N+](=O)[O-])cc3)c2[NH+]2CCCCC2)cc1.F[B-](F)(F)F.F[B-](F)(F)F. The zero-order valence-corrected chi connectivity index (χ0v) is 30.4. The summed E-state index contributed by atoms with van der Waals surface area (Å²) in [6, 6.07) is 16.3. The number of anilines is 1. The number of non-ortho nitro benzene ring substituents is 1. The molecule has 0 aliphatic carbocycles. The van der Waals surface area contributed by atoms with Crippen LogP contribution in [0, 0.1) is 10.1 Å². The number of nitro groups is 1. The highest BCUT2D eigenvalue weighted by Gasteiger charge is 2.35. The van der Waals surface area contributed by atoms with Crippen molar-refractivity contribution in [1.82, 2.24) is 0 Å². The molecule has 11 nitrogen and oxygen atoms in total. The van der Waals surface area contributed by atoms with E-state index in [4.69, 9.17) is 20.1 Å². The number of nitro benzene ring substituents is 1. The number of methoxy groups -OCH3 is 1. The summed E-state index contributed by atoms with van der Waals surface area (Å²) >= 11 is 0. The summed E-state index contributed by atoms with van der Waals surface area (Å²) in [7, 11) is -10.3. The van der Waals surface area contributed by atoms with Crippen LogP contribution >= 0.6 is 0 Å². The van der Waals surface area contributed by atoms with E-state index in [0.29, 0.717) is 5.69 Å². The molecule has 0 spiro atoms.